The number of fused-ring (bicyclic) bond motifs is 1. The summed E-state index contributed by atoms with van der Waals surface area (Å²) in [4.78, 5) is 25.7. The van der Waals surface area contributed by atoms with Crippen LogP contribution < -0.4 is 21.1 Å². The molecule has 0 aliphatic carbocycles. The number of anilines is 3. The second-order valence-electron chi connectivity index (χ2n) is 7.15. The zero-order chi connectivity index (χ0) is 20.1. The second kappa shape index (κ2) is 9.34. The Hall–Kier alpha value is -2.49. The Morgan fingerprint density at radius 3 is 2.66 bits per heavy atom. The molecule has 0 unspecified atom stereocenters. The van der Waals surface area contributed by atoms with Gasteiger partial charge in [-0.3, -0.25) is 4.79 Å². The molecule has 0 spiro atoms. The molecule has 0 bridgehead atoms. The van der Waals surface area contributed by atoms with E-state index in [1.54, 1.807) is 17.4 Å². The van der Waals surface area contributed by atoms with Gasteiger partial charge in [-0.25, -0.2) is 9.97 Å². The number of aromatic amines is 1. The SMILES string of the molecule is C1CCNC1.Cc1cc(Nc2cc3nc(N4CCOCC4)sc3cn2)[nH]c(=O)c1. The summed E-state index contributed by atoms with van der Waals surface area (Å²) in [5, 5.41) is 7.35. The first-order valence-electron chi connectivity index (χ1n) is 9.95. The maximum absolute atomic E-state index is 11.5. The molecule has 154 valence electrons. The Balaban J connectivity index is 0.000000359. The number of aromatic nitrogens is 3. The van der Waals surface area contributed by atoms with Crippen LogP contribution in [-0.4, -0.2) is 54.3 Å². The fourth-order valence-corrected chi connectivity index (χ4v) is 4.26. The minimum atomic E-state index is -0.137. The van der Waals surface area contributed by atoms with Crippen LogP contribution in [0.3, 0.4) is 0 Å². The molecular weight excluding hydrogens is 388 g/mol. The van der Waals surface area contributed by atoms with E-state index in [2.05, 4.69) is 25.5 Å². The molecule has 0 atom stereocenters. The van der Waals surface area contributed by atoms with Gasteiger partial charge in [0, 0.05) is 31.4 Å². The number of H-pyrrole nitrogens is 1. The lowest BCUT2D eigenvalue weighted by Gasteiger charge is -2.25. The molecule has 2 aliphatic rings. The van der Waals surface area contributed by atoms with Crippen LogP contribution in [0.2, 0.25) is 0 Å². The lowest BCUT2D eigenvalue weighted by molar-refractivity contribution is 0.122. The van der Waals surface area contributed by atoms with Crippen molar-refractivity contribution in [3.63, 3.8) is 0 Å². The zero-order valence-electron chi connectivity index (χ0n) is 16.5. The number of thiazole rings is 1. The van der Waals surface area contributed by atoms with Gasteiger partial charge in [-0.15, -0.1) is 0 Å². The summed E-state index contributed by atoms with van der Waals surface area (Å²) in [6.45, 7) is 7.58. The molecule has 29 heavy (non-hydrogen) atoms. The van der Waals surface area contributed by atoms with Gasteiger partial charge in [0.2, 0.25) is 5.56 Å². The van der Waals surface area contributed by atoms with E-state index in [0.717, 1.165) is 47.2 Å². The first kappa shape index (κ1) is 19.8. The Bertz CT molecular complexity index is 1000. The van der Waals surface area contributed by atoms with E-state index in [0.29, 0.717) is 11.6 Å². The number of hydrogen-bond donors (Lipinski definition) is 3. The lowest BCUT2D eigenvalue weighted by atomic mass is 10.3. The van der Waals surface area contributed by atoms with E-state index in [4.69, 9.17) is 9.72 Å². The zero-order valence-corrected chi connectivity index (χ0v) is 17.3. The van der Waals surface area contributed by atoms with Crippen LogP contribution in [0.15, 0.2) is 29.2 Å². The van der Waals surface area contributed by atoms with Gasteiger partial charge in [0.05, 0.1) is 23.4 Å². The summed E-state index contributed by atoms with van der Waals surface area (Å²) in [6.07, 6.45) is 4.59. The standard InChI is InChI=1S/C16H17N5O2S.C4H9N/c1-10-6-14(20-15(22)7-10)19-13-8-11-12(9-17-13)24-16(18-11)21-2-4-23-5-3-21;1-2-4-5-3-1/h6-9H,2-5H2,1H3,(H2,17,19,20,22);5H,1-4H2. The first-order valence-corrected chi connectivity index (χ1v) is 10.8. The summed E-state index contributed by atoms with van der Waals surface area (Å²) >= 11 is 1.63. The fraction of sp³-hybridized carbons (Fsp3) is 0.450. The predicted molar refractivity (Wildman–Crippen MR) is 118 cm³/mol. The summed E-state index contributed by atoms with van der Waals surface area (Å²) in [6, 6.07) is 5.32. The summed E-state index contributed by atoms with van der Waals surface area (Å²) in [7, 11) is 0. The molecule has 3 aromatic heterocycles. The van der Waals surface area contributed by atoms with Crippen LogP contribution in [0, 0.1) is 6.92 Å². The number of pyridine rings is 2. The maximum atomic E-state index is 11.5. The molecule has 3 N–H and O–H groups in total. The van der Waals surface area contributed by atoms with Gasteiger partial charge < -0.3 is 25.3 Å². The van der Waals surface area contributed by atoms with Gasteiger partial charge in [-0.1, -0.05) is 11.3 Å². The third-order valence-corrected chi connectivity index (χ3v) is 5.82. The predicted octanol–water partition coefficient (Wildman–Crippen LogP) is 2.64. The minimum Gasteiger partial charge on any atom is -0.378 e. The van der Waals surface area contributed by atoms with Crippen molar-refractivity contribution in [3.8, 4) is 0 Å². The van der Waals surface area contributed by atoms with Gasteiger partial charge in [0.1, 0.15) is 11.6 Å². The summed E-state index contributed by atoms with van der Waals surface area (Å²) in [5.74, 6) is 1.28. The Morgan fingerprint density at radius 2 is 1.97 bits per heavy atom. The van der Waals surface area contributed by atoms with Crippen LogP contribution in [0.25, 0.3) is 10.2 Å². The highest BCUT2D eigenvalue weighted by atomic mass is 32.1. The maximum Gasteiger partial charge on any atom is 0.249 e. The van der Waals surface area contributed by atoms with Gasteiger partial charge in [0.15, 0.2) is 5.13 Å². The van der Waals surface area contributed by atoms with Gasteiger partial charge in [-0.05, 0) is 44.5 Å². The number of nitrogens with zero attached hydrogens (tertiary/aromatic N) is 3. The van der Waals surface area contributed by atoms with Gasteiger partial charge in [-0.2, -0.15) is 0 Å². The number of nitrogens with one attached hydrogen (secondary N) is 3. The van der Waals surface area contributed by atoms with E-state index in [-0.39, 0.29) is 5.56 Å². The summed E-state index contributed by atoms with van der Waals surface area (Å²) in [5.41, 5.74) is 1.65. The average Bonchev–Trinajstić information content (AvgIpc) is 3.41. The third-order valence-electron chi connectivity index (χ3n) is 4.75. The van der Waals surface area contributed by atoms with E-state index in [9.17, 15) is 4.79 Å². The van der Waals surface area contributed by atoms with Crippen LogP contribution in [0.4, 0.5) is 16.8 Å². The molecule has 5 heterocycles. The van der Waals surface area contributed by atoms with Crippen molar-refractivity contribution in [1.29, 1.82) is 0 Å². The molecule has 5 rings (SSSR count). The van der Waals surface area contributed by atoms with Crippen molar-refractivity contribution in [2.45, 2.75) is 19.8 Å². The minimum absolute atomic E-state index is 0.137. The summed E-state index contributed by atoms with van der Waals surface area (Å²) < 4.78 is 6.43. The van der Waals surface area contributed by atoms with E-state index < -0.39 is 0 Å². The van der Waals surface area contributed by atoms with E-state index in [1.165, 1.54) is 25.9 Å². The molecule has 0 saturated carbocycles. The molecule has 8 nitrogen and oxygen atoms in total. The van der Waals surface area contributed by atoms with Crippen LogP contribution >= 0.6 is 11.3 Å². The van der Waals surface area contributed by atoms with Crippen LogP contribution in [-0.2, 0) is 4.74 Å². The van der Waals surface area contributed by atoms with Crippen LogP contribution in [0.1, 0.15) is 18.4 Å². The molecule has 0 aromatic carbocycles. The third kappa shape index (κ3) is 5.31. The van der Waals surface area contributed by atoms with Crippen molar-refractivity contribution in [2.24, 2.45) is 0 Å². The molecule has 0 radical (unpaired) electrons. The van der Waals surface area contributed by atoms with E-state index in [1.807, 2.05) is 25.3 Å². The van der Waals surface area contributed by atoms with Crippen molar-refractivity contribution in [1.82, 2.24) is 20.3 Å². The Morgan fingerprint density at radius 1 is 1.17 bits per heavy atom. The Kier molecular flexibility index (Phi) is 6.38. The molecule has 3 aromatic rings. The van der Waals surface area contributed by atoms with Crippen molar-refractivity contribution >= 4 is 38.3 Å². The van der Waals surface area contributed by atoms with Gasteiger partial charge in [0.25, 0.3) is 0 Å². The average molecular weight is 415 g/mol. The molecule has 2 saturated heterocycles. The van der Waals surface area contributed by atoms with Crippen molar-refractivity contribution in [3.05, 3.63) is 40.3 Å². The topological polar surface area (TPSA) is 95.2 Å². The number of morpholine rings is 1. The number of ether oxygens (including phenoxy) is 1. The fourth-order valence-electron chi connectivity index (χ4n) is 3.29. The first-order chi connectivity index (χ1) is 14.2. The van der Waals surface area contributed by atoms with Gasteiger partial charge >= 0.3 is 0 Å². The molecule has 0 amide bonds. The lowest BCUT2D eigenvalue weighted by Crippen LogP contribution is -2.36. The largest absolute Gasteiger partial charge is 0.378 e. The highest BCUT2D eigenvalue weighted by Crippen LogP contribution is 2.30. The molecule has 9 heteroatoms. The highest BCUT2D eigenvalue weighted by molar-refractivity contribution is 7.22. The number of rotatable bonds is 3. The molecule has 2 fully saturated rings. The van der Waals surface area contributed by atoms with Crippen molar-refractivity contribution in [2.75, 3.05) is 49.6 Å². The number of aryl methyl sites for hydroxylation is 1. The normalized spacial score (nSPS) is 16.5. The van der Waals surface area contributed by atoms with E-state index >= 15 is 0 Å². The van der Waals surface area contributed by atoms with Crippen LogP contribution in [0.5, 0.6) is 0 Å². The molecule has 2 aliphatic heterocycles. The molecular formula is C20H26N6O2S. The Labute approximate surface area is 173 Å². The van der Waals surface area contributed by atoms with Crippen molar-refractivity contribution < 1.29 is 4.74 Å². The smallest absolute Gasteiger partial charge is 0.249 e. The highest BCUT2D eigenvalue weighted by Gasteiger charge is 2.15. The monoisotopic (exact) mass is 414 g/mol. The number of hydrogen-bond acceptors (Lipinski definition) is 8. The quantitative estimate of drug-likeness (QED) is 0.606. The second-order valence-corrected chi connectivity index (χ2v) is 8.16.